The van der Waals surface area contributed by atoms with Gasteiger partial charge >= 0.3 is 0 Å². The number of aliphatic hydroxyl groups is 8. The minimum Gasteiger partial charge on any atom is -0.435 e. The van der Waals surface area contributed by atoms with Gasteiger partial charge in [-0.3, -0.25) is 14.4 Å². The van der Waals surface area contributed by atoms with Crippen molar-refractivity contribution in [1.82, 2.24) is 0 Å². The molecular formula is C18H26O19. The van der Waals surface area contributed by atoms with Crippen LogP contribution < -0.4 is 0 Å². The van der Waals surface area contributed by atoms with Gasteiger partial charge in [-0.2, -0.15) is 0 Å². The molecule has 3 aliphatic rings. The molecular weight excluding hydrogens is 520 g/mol. The molecule has 0 aromatic carbocycles. The summed E-state index contributed by atoms with van der Waals surface area (Å²) >= 11 is 0. The van der Waals surface area contributed by atoms with Gasteiger partial charge in [-0.15, -0.1) is 0 Å². The fraction of sp³-hybridized carbons (Fsp3) is 0.833. The fourth-order valence-electron chi connectivity index (χ4n) is 3.76. The van der Waals surface area contributed by atoms with Gasteiger partial charge in [-0.25, -0.2) is 0 Å². The molecule has 15 unspecified atom stereocenters. The Labute approximate surface area is 206 Å². The van der Waals surface area contributed by atoms with Crippen molar-refractivity contribution in [2.75, 3.05) is 0 Å². The lowest BCUT2D eigenvalue weighted by atomic mass is 10.0. The van der Waals surface area contributed by atoms with Crippen LogP contribution in [-0.2, 0) is 52.3 Å². The van der Waals surface area contributed by atoms with Crippen LogP contribution in [0.4, 0.5) is 0 Å². The van der Waals surface area contributed by atoms with Crippen LogP contribution in [0.1, 0.15) is 0 Å². The molecule has 0 amide bonds. The average molecular weight is 546 g/mol. The lowest BCUT2D eigenvalue weighted by molar-refractivity contribution is -0.412. The highest BCUT2D eigenvalue weighted by molar-refractivity contribution is 5.38. The first-order valence-electron chi connectivity index (χ1n) is 10.5. The van der Waals surface area contributed by atoms with Gasteiger partial charge < -0.3 is 78.7 Å². The second kappa shape index (κ2) is 12.6. The van der Waals surface area contributed by atoms with Gasteiger partial charge in [0.2, 0.25) is 18.9 Å². The predicted molar refractivity (Wildman–Crippen MR) is 101 cm³/mol. The molecule has 0 aromatic rings. The molecule has 3 fully saturated rings. The Hall–Kier alpha value is -2.11. The van der Waals surface area contributed by atoms with E-state index in [1.807, 2.05) is 0 Å². The summed E-state index contributed by atoms with van der Waals surface area (Å²) in [6, 6.07) is 0. The van der Waals surface area contributed by atoms with Crippen LogP contribution in [0.3, 0.4) is 0 Å². The van der Waals surface area contributed by atoms with Gasteiger partial charge in [0, 0.05) is 0 Å². The number of carbonyl (C=O) groups excluding carboxylic acids is 3. The van der Waals surface area contributed by atoms with Crippen LogP contribution >= 0.6 is 0 Å². The van der Waals surface area contributed by atoms with Gasteiger partial charge in [-0.1, -0.05) is 0 Å². The summed E-state index contributed by atoms with van der Waals surface area (Å²) in [5.41, 5.74) is 0. The lowest BCUT2D eigenvalue weighted by Crippen LogP contribution is -2.66. The summed E-state index contributed by atoms with van der Waals surface area (Å²) in [6.07, 6.45) is -29.2. The molecule has 0 spiro atoms. The fourth-order valence-corrected chi connectivity index (χ4v) is 3.76. The summed E-state index contributed by atoms with van der Waals surface area (Å²) in [4.78, 5) is 32.4. The first-order chi connectivity index (χ1) is 17.5. The summed E-state index contributed by atoms with van der Waals surface area (Å²) < 4.78 is 39.4. The van der Waals surface area contributed by atoms with Crippen molar-refractivity contribution in [1.29, 1.82) is 0 Å². The maximum atomic E-state index is 11.0. The average Bonchev–Trinajstić information content (AvgIpc) is 2.87. The van der Waals surface area contributed by atoms with E-state index in [9.17, 15) is 55.2 Å². The molecule has 37 heavy (non-hydrogen) atoms. The molecule has 15 atom stereocenters. The smallest absolute Gasteiger partial charge is 0.295 e. The van der Waals surface area contributed by atoms with Crippen molar-refractivity contribution in [2.45, 2.75) is 92.7 Å². The van der Waals surface area contributed by atoms with E-state index in [4.69, 9.17) is 23.7 Å². The standard InChI is InChI=1S/C18H26O19/c19-1-30-14-8(26)4(22)9(27)15(36-14)34-12-6(24)10(28)16(37-18(12)32-3-21)33-11-5(23)7(25)13(29)35-17(11)31-2-20/h1-18,22-29H. The number of hydrogen-bond acceptors (Lipinski definition) is 19. The van der Waals surface area contributed by atoms with E-state index in [2.05, 4.69) is 14.2 Å². The van der Waals surface area contributed by atoms with Gasteiger partial charge in [0.05, 0.1) is 0 Å². The lowest BCUT2D eigenvalue weighted by Gasteiger charge is -2.46. The molecule has 0 aliphatic carbocycles. The minimum atomic E-state index is -2.09. The quantitative estimate of drug-likeness (QED) is 0.0932. The molecule has 0 radical (unpaired) electrons. The van der Waals surface area contributed by atoms with Gasteiger partial charge in [0.15, 0.2) is 31.1 Å². The van der Waals surface area contributed by atoms with E-state index in [1.165, 1.54) is 0 Å². The Morgan fingerprint density at radius 2 is 0.811 bits per heavy atom. The molecule has 19 heteroatoms. The van der Waals surface area contributed by atoms with E-state index in [0.717, 1.165) is 0 Å². The van der Waals surface area contributed by atoms with Crippen LogP contribution in [0.15, 0.2) is 0 Å². The van der Waals surface area contributed by atoms with Crippen molar-refractivity contribution in [3.63, 3.8) is 0 Å². The molecule has 212 valence electrons. The van der Waals surface area contributed by atoms with Crippen molar-refractivity contribution in [3.05, 3.63) is 0 Å². The van der Waals surface area contributed by atoms with Gasteiger partial charge in [0.25, 0.3) is 19.4 Å². The highest BCUT2D eigenvalue weighted by Crippen LogP contribution is 2.32. The van der Waals surface area contributed by atoms with Crippen LogP contribution in [0.2, 0.25) is 0 Å². The zero-order chi connectivity index (χ0) is 27.4. The SMILES string of the molecule is O=COC1OC(OC2C(OC=O)OC(OC3C(OC=O)OC(O)C(O)C3O)C(O)C2O)C(O)C(O)C1O. The van der Waals surface area contributed by atoms with E-state index < -0.39 is 92.7 Å². The molecule has 0 bridgehead atoms. The van der Waals surface area contributed by atoms with Crippen molar-refractivity contribution in [3.8, 4) is 0 Å². The van der Waals surface area contributed by atoms with Crippen molar-refractivity contribution in [2.24, 2.45) is 0 Å². The monoisotopic (exact) mass is 546 g/mol. The summed E-state index contributed by atoms with van der Waals surface area (Å²) in [6.45, 7) is -0.414. The van der Waals surface area contributed by atoms with E-state index in [0.29, 0.717) is 0 Å². The van der Waals surface area contributed by atoms with Crippen LogP contribution in [-0.4, -0.2) is 153 Å². The molecule has 3 aliphatic heterocycles. The third kappa shape index (κ3) is 6.15. The van der Waals surface area contributed by atoms with E-state index in [1.54, 1.807) is 0 Å². The molecule has 3 rings (SSSR count). The number of rotatable bonds is 10. The van der Waals surface area contributed by atoms with E-state index >= 15 is 0 Å². The number of aliphatic hydroxyl groups excluding tert-OH is 8. The third-order valence-electron chi connectivity index (χ3n) is 5.70. The molecule has 3 heterocycles. The second-order valence-corrected chi connectivity index (χ2v) is 7.97. The first kappa shape index (κ1) is 29.4. The number of carbonyl (C=O) groups is 3. The second-order valence-electron chi connectivity index (χ2n) is 7.97. The molecule has 19 nitrogen and oxygen atoms in total. The zero-order valence-electron chi connectivity index (χ0n) is 18.5. The normalized spacial score (nSPS) is 48.5. The minimum absolute atomic E-state index is 0.126. The molecule has 3 saturated heterocycles. The Kier molecular flexibility index (Phi) is 10.0. The highest BCUT2D eigenvalue weighted by Gasteiger charge is 2.54. The number of ether oxygens (including phenoxy) is 8. The predicted octanol–water partition coefficient (Wildman–Crippen LogP) is -7.16. The largest absolute Gasteiger partial charge is 0.435 e. The maximum Gasteiger partial charge on any atom is 0.295 e. The highest BCUT2D eigenvalue weighted by atomic mass is 16.8. The number of hydrogen-bond donors (Lipinski definition) is 8. The van der Waals surface area contributed by atoms with Crippen LogP contribution in [0.25, 0.3) is 0 Å². The molecule has 8 N–H and O–H groups in total. The molecule has 0 aromatic heterocycles. The molecule has 0 saturated carbocycles. The van der Waals surface area contributed by atoms with Crippen molar-refractivity contribution >= 4 is 19.4 Å². The van der Waals surface area contributed by atoms with Crippen LogP contribution in [0, 0.1) is 0 Å². The third-order valence-corrected chi connectivity index (χ3v) is 5.70. The van der Waals surface area contributed by atoms with E-state index in [-0.39, 0.29) is 19.4 Å². The Bertz CT molecular complexity index is 769. The zero-order valence-corrected chi connectivity index (χ0v) is 18.5. The summed E-state index contributed by atoms with van der Waals surface area (Å²) in [5.74, 6) is 0. The topological polar surface area (TPSA) is 287 Å². The Morgan fingerprint density at radius 1 is 0.432 bits per heavy atom. The summed E-state index contributed by atoms with van der Waals surface area (Å²) in [5, 5.41) is 80.8. The first-order valence-corrected chi connectivity index (χ1v) is 10.5. The Balaban J connectivity index is 1.77. The van der Waals surface area contributed by atoms with Gasteiger partial charge in [-0.05, 0) is 0 Å². The summed E-state index contributed by atoms with van der Waals surface area (Å²) in [7, 11) is 0. The van der Waals surface area contributed by atoms with Crippen molar-refractivity contribution < 1.29 is 93.1 Å². The Morgan fingerprint density at radius 3 is 1.32 bits per heavy atom. The maximum absolute atomic E-state index is 11.0. The van der Waals surface area contributed by atoms with Crippen LogP contribution in [0.5, 0.6) is 0 Å². The van der Waals surface area contributed by atoms with Gasteiger partial charge in [0.1, 0.15) is 42.7 Å².